The molecule has 2 aromatic heterocycles. The summed E-state index contributed by atoms with van der Waals surface area (Å²) in [6.07, 6.45) is 3.85. The van der Waals surface area contributed by atoms with E-state index in [9.17, 15) is 4.79 Å². The zero-order valence-electron chi connectivity index (χ0n) is 17.5. The number of aryl methyl sites for hydroxylation is 2. The molecule has 0 radical (unpaired) electrons. The Morgan fingerprint density at radius 3 is 2.97 bits per heavy atom. The lowest BCUT2D eigenvalue weighted by Gasteiger charge is -2.53. The molecule has 1 spiro atoms. The van der Waals surface area contributed by atoms with Gasteiger partial charge in [0.25, 0.3) is 5.91 Å². The summed E-state index contributed by atoms with van der Waals surface area (Å²) in [6, 6.07) is 13.9. The number of fused-ring (bicyclic) bond motifs is 1. The van der Waals surface area contributed by atoms with E-state index in [1.54, 1.807) is 0 Å². The Labute approximate surface area is 176 Å². The molecule has 6 heteroatoms. The Hall–Kier alpha value is -2.70. The summed E-state index contributed by atoms with van der Waals surface area (Å²) < 4.78 is 14.3. The molecule has 2 fully saturated rings. The van der Waals surface area contributed by atoms with Crippen molar-refractivity contribution in [3.8, 4) is 0 Å². The number of aromatic nitrogens is 2. The molecule has 30 heavy (non-hydrogen) atoms. The average molecular weight is 405 g/mol. The van der Waals surface area contributed by atoms with Crippen molar-refractivity contribution < 1.29 is 14.3 Å². The molecule has 0 saturated carbocycles. The van der Waals surface area contributed by atoms with Crippen LogP contribution in [0.15, 0.2) is 48.7 Å². The lowest BCUT2D eigenvalue weighted by Crippen LogP contribution is -2.67. The summed E-state index contributed by atoms with van der Waals surface area (Å²) in [5.74, 6) is 0.0713. The summed E-state index contributed by atoms with van der Waals surface area (Å²) in [5, 5.41) is 1.09. The summed E-state index contributed by atoms with van der Waals surface area (Å²) >= 11 is 0. The predicted molar refractivity (Wildman–Crippen MR) is 114 cm³/mol. The number of benzene rings is 1. The number of carbonyl (C=O) groups is 1. The van der Waals surface area contributed by atoms with Gasteiger partial charge in [-0.1, -0.05) is 6.07 Å². The number of likely N-dealkylation sites (tertiary alicyclic amines) is 1. The van der Waals surface area contributed by atoms with E-state index < -0.39 is 0 Å². The summed E-state index contributed by atoms with van der Waals surface area (Å²) in [7, 11) is 2.01. The van der Waals surface area contributed by atoms with Gasteiger partial charge in [-0.25, -0.2) is 0 Å². The maximum Gasteiger partial charge on any atom is 0.254 e. The normalized spacial score (nSPS) is 20.5. The number of ether oxygens (including phenoxy) is 2. The van der Waals surface area contributed by atoms with Crippen LogP contribution in [-0.4, -0.2) is 51.8 Å². The quantitative estimate of drug-likeness (QED) is 0.667. The lowest BCUT2D eigenvalue weighted by atomic mass is 9.84. The van der Waals surface area contributed by atoms with Crippen LogP contribution >= 0.6 is 0 Å². The van der Waals surface area contributed by atoms with Crippen LogP contribution in [-0.2, 0) is 23.1 Å². The molecular formula is C24H27N3O3. The van der Waals surface area contributed by atoms with Crippen LogP contribution in [0.5, 0.6) is 0 Å². The van der Waals surface area contributed by atoms with Gasteiger partial charge in [-0.3, -0.25) is 9.78 Å². The Morgan fingerprint density at radius 2 is 2.13 bits per heavy atom. The third kappa shape index (κ3) is 3.61. The molecule has 5 rings (SSSR count). The second kappa shape index (κ2) is 7.52. The SMILES string of the molecule is Cc1cccc(COC2CCOC3(C2)CN(C(=O)c2ccc4c(ccn4C)c2)C3)n1. The van der Waals surface area contributed by atoms with Gasteiger partial charge in [0.1, 0.15) is 5.60 Å². The number of rotatable bonds is 4. The van der Waals surface area contributed by atoms with Gasteiger partial charge in [0, 0.05) is 48.4 Å². The van der Waals surface area contributed by atoms with E-state index in [-0.39, 0.29) is 17.6 Å². The van der Waals surface area contributed by atoms with E-state index in [0.29, 0.717) is 26.3 Å². The molecule has 6 nitrogen and oxygen atoms in total. The number of pyridine rings is 1. The fourth-order valence-electron chi connectivity index (χ4n) is 4.62. The molecule has 1 amide bonds. The van der Waals surface area contributed by atoms with Crippen LogP contribution in [0.3, 0.4) is 0 Å². The standard InChI is InChI=1S/C24H27N3O3/c1-17-4-3-5-20(25-17)14-29-21-9-11-30-24(13-21)15-27(16-24)23(28)19-6-7-22-18(12-19)8-10-26(22)2/h3-8,10,12,21H,9,11,13-16H2,1-2H3. The fraction of sp³-hybridized carbons (Fsp3) is 0.417. The lowest BCUT2D eigenvalue weighted by molar-refractivity contribution is -0.188. The molecule has 2 saturated heterocycles. The Bertz CT molecular complexity index is 1080. The molecule has 156 valence electrons. The largest absolute Gasteiger partial charge is 0.372 e. The zero-order valence-corrected chi connectivity index (χ0v) is 17.5. The summed E-state index contributed by atoms with van der Waals surface area (Å²) in [6.45, 7) is 4.43. The molecule has 2 aliphatic heterocycles. The van der Waals surface area contributed by atoms with Crippen molar-refractivity contribution in [1.82, 2.24) is 14.5 Å². The van der Waals surface area contributed by atoms with Gasteiger partial charge in [-0.05, 0) is 49.7 Å². The van der Waals surface area contributed by atoms with Crippen molar-refractivity contribution in [3.05, 3.63) is 65.6 Å². The molecule has 3 aromatic rings. The minimum Gasteiger partial charge on any atom is -0.372 e. The minimum absolute atomic E-state index is 0.0713. The number of amides is 1. The maximum atomic E-state index is 13.0. The molecule has 4 heterocycles. The number of hydrogen-bond donors (Lipinski definition) is 0. The highest BCUT2D eigenvalue weighted by molar-refractivity contribution is 5.98. The van der Waals surface area contributed by atoms with Crippen LogP contribution in [0.1, 0.15) is 34.6 Å². The summed E-state index contributed by atoms with van der Waals surface area (Å²) in [4.78, 5) is 19.3. The smallest absolute Gasteiger partial charge is 0.254 e. The molecule has 1 atom stereocenters. The predicted octanol–water partition coefficient (Wildman–Crippen LogP) is 3.47. The Kier molecular flexibility index (Phi) is 4.83. The van der Waals surface area contributed by atoms with Crippen LogP contribution < -0.4 is 0 Å². The highest BCUT2D eigenvalue weighted by atomic mass is 16.5. The van der Waals surface area contributed by atoms with Gasteiger partial charge in [-0.2, -0.15) is 0 Å². The van der Waals surface area contributed by atoms with E-state index in [4.69, 9.17) is 9.47 Å². The minimum atomic E-state index is -0.268. The average Bonchev–Trinajstić information content (AvgIpc) is 3.10. The van der Waals surface area contributed by atoms with Crippen molar-refractivity contribution in [3.63, 3.8) is 0 Å². The molecule has 0 N–H and O–H groups in total. The highest BCUT2D eigenvalue weighted by Gasteiger charge is 2.49. The van der Waals surface area contributed by atoms with Crippen molar-refractivity contribution in [2.24, 2.45) is 7.05 Å². The second-order valence-corrected chi connectivity index (χ2v) is 8.59. The fourth-order valence-corrected chi connectivity index (χ4v) is 4.62. The number of carbonyl (C=O) groups excluding carboxylic acids is 1. The van der Waals surface area contributed by atoms with E-state index >= 15 is 0 Å². The summed E-state index contributed by atoms with van der Waals surface area (Å²) in [5.41, 5.74) is 3.55. The number of nitrogens with zero attached hydrogens (tertiary/aromatic N) is 3. The molecule has 1 aromatic carbocycles. The van der Waals surface area contributed by atoms with Crippen LogP contribution in [0.4, 0.5) is 0 Å². The third-order valence-electron chi connectivity index (χ3n) is 6.24. The van der Waals surface area contributed by atoms with E-state index in [2.05, 4.69) is 9.55 Å². The molecule has 0 aliphatic carbocycles. The van der Waals surface area contributed by atoms with Crippen LogP contribution in [0.2, 0.25) is 0 Å². The van der Waals surface area contributed by atoms with Crippen molar-refractivity contribution in [2.75, 3.05) is 19.7 Å². The second-order valence-electron chi connectivity index (χ2n) is 8.59. The van der Waals surface area contributed by atoms with Crippen molar-refractivity contribution in [2.45, 2.75) is 38.1 Å². The van der Waals surface area contributed by atoms with Crippen molar-refractivity contribution in [1.29, 1.82) is 0 Å². The maximum absolute atomic E-state index is 13.0. The van der Waals surface area contributed by atoms with E-state index in [1.807, 2.05) is 67.5 Å². The third-order valence-corrected chi connectivity index (χ3v) is 6.24. The zero-order chi connectivity index (χ0) is 20.7. The first-order valence-electron chi connectivity index (χ1n) is 10.5. The molecule has 1 unspecified atom stereocenters. The first-order valence-corrected chi connectivity index (χ1v) is 10.5. The van der Waals surface area contributed by atoms with Gasteiger partial charge in [0.15, 0.2) is 0 Å². The Morgan fingerprint density at radius 1 is 1.27 bits per heavy atom. The highest BCUT2D eigenvalue weighted by Crippen LogP contribution is 2.36. The first-order chi connectivity index (χ1) is 14.5. The monoisotopic (exact) mass is 405 g/mol. The van der Waals surface area contributed by atoms with Gasteiger partial charge >= 0.3 is 0 Å². The molecular weight excluding hydrogens is 378 g/mol. The van der Waals surface area contributed by atoms with Gasteiger partial charge in [-0.15, -0.1) is 0 Å². The molecule has 2 aliphatic rings. The van der Waals surface area contributed by atoms with E-state index in [1.165, 1.54) is 0 Å². The van der Waals surface area contributed by atoms with Gasteiger partial charge < -0.3 is 18.9 Å². The van der Waals surface area contributed by atoms with Gasteiger partial charge in [0.05, 0.1) is 31.5 Å². The van der Waals surface area contributed by atoms with Gasteiger partial charge in [0.2, 0.25) is 0 Å². The molecule has 0 bridgehead atoms. The van der Waals surface area contributed by atoms with Crippen LogP contribution in [0.25, 0.3) is 10.9 Å². The Balaban J connectivity index is 1.19. The van der Waals surface area contributed by atoms with Crippen LogP contribution in [0, 0.1) is 6.92 Å². The topological polar surface area (TPSA) is 56.6 Å². The first kappa shape index (κ1) is 19.3. The van der Waals surface area contributed by atoms with Crippen molar-refractivity contribution >= 4 is 16.8 Å². The van der Waals surface area contributed by atoms with E-state index in [0.717, 1.165) is 40.7 Å². The number of hydrogen-bond acceptors (Lipinski definition) is 4.